The Morgan fingerprint density at radius 1 is 1.00 bits per heavy atom. The van der Waals surface area contributed by atoms with Crippen molar-refractivity contribution in [2.75, 3.05) is 0 Å². The second-order valence-electron chi connectivity index (χ2n) is 5.56. The van der Waals surface area contributed by atoms with Crippen molar-refractivity contribution in [1.82, 2.24) is 9.78 Å². The summed E-state index contributed by atoms with van der Waals surface area (Å²) in [5.41, 5.74) is -1.51. The van der Waals surface area contributed by atoms with E-state index in [-0.39, 0.29) is 32.0 Å². The quantitative estimate of drug-likeness (QED) is 0.537. The zero-order valence-corrected chi connectivity index (χ0v) is 16.6. The molecule has 28 heavy (non-hydrogen) atoms. The van der Waals surface area contributed by atoms with Crippen LogP contribution in [0.5, 0.6) is 0 Å². The number of para-hydroxylation sites is 1. The highest BCUT2D eigenvalue weighted by atomic mass is 35.5. The largest absolute Gasteiger partial charge is 0.435 e. The van der Waals surface area contributed by atoms with Crippen molar-refractivity contribution in [3.05, 3.63) is 63.2 Å². The summed E-state index contributed by atoms with van der Waals surface area (Å²) in [5, 5.41) is 8.64. The van der Waals surface area contributed by atoms with Gasteiger partial charge in [0.1, 0.15) is 4.90 Å². The first kappa shape index (κ1) is 20.9. The molecule has 3 rings (SSSR count). The van der Waals surface area contributed by atoms with E-state index in [1.807, 2.05) is 0 Å². The summed E-state index contributed by atoms with van der Waals surface area (Å²) < 4.78 is 64.5. The molecule has 12 heteroatoms. The Bertz CT molecular complexity index is 1180. The highest BCUT2D eigenvalue weighted by molar-refractivity contribution is 7.89. The number of hydrogen-bond acceptors (Lipinski definition) is 3. The number of alkyl halides is 3. The lowest BCUT2D eigenvalue weighted by molar-refractivity contribution is -0.141. The van der Waals surface area contributed by atoms with Gasteiger partial charge in [0.25, 0.3) is 0 Å². The second kappa shape index (κ2) is 7.23. The van der Waals surface area contributed by atoms with E-state index in [1.165, 1.54) is 30.3 Å². The average molecular weight is 471 g/mol. The zero-order chi connectivity index (χ0) is 20.9. The van der Waals surface area contributed by atoms with Crippen molar-refractivity contribution < 1.29 is 21.6 Å². The monoisotopic (exact) mass is 469 g/mol. The molecule has 148 valence electrons. The molecule has 0 fully saturated rings. The van der Waals surface area contributed by atoms with Crippen LogP contribution in [-0.4, -0.2) is 18.2 Å². The lowest BCUT2D eigenvalue weighted by atomic mass is 10.1. The van der Waals surface area contributed by atoms with Gasteiger partial charge in [-0.15, -0.1) is 0 Å². The van der Waals surface area contributed by atoms with Gasteiger partial charge >= 0.3 is 6.18 Å². The number of sulfonamides is 1. The number of aromatic nitrogens is 2. The Labute approximate surface area is 172 Å². The van der Waals surface area contributed by atoms with Crippen molar-refractivity contribution in [3.8, 4) is 16.9 Å². The van der Waals surface area contributed by atoms with Crippen LogP contribution < -0.4 is 5.14 Å². The minimum Gasteiger partial charge on any atom is -0.231 e. The van der Waals surface area contributed by atoms with Gasteiger partial charge in [-0.3, -0.25) is 0 Å². The SMILES string of the molecule is NS(=O)(=O)c1ccccc1-n1nc(C(F)(F)F)cc1-c1ccc(Cl)c(Cl)c1Cl. The second-order valence-corrected chi connectivity index (χ2v) is 8.25. The molecule has 0 aliphatic heterocycles. The third-order valence-corrected chi connectivity index (χ3v) is 5.96. The Morgan fingerprint density at radius 3 is 2.25 bits per heavy atom. The van der Waals surface area contributed by atoms with E-state index in [2.05, 4.69) is 5.10 Å². The van der Waals surface area contributed by atoms with Crippen LogP contribution in [0.1, 0.15) is 5.69 Å². The molecule has 0 amide bonds. The van der Waals surface area contributed by atoms with Crippen LogP contribution in [0, 0.1) is 0 Å². The molecule has 1 heterocycles. The summed E-state index contributed by atoms with van der Waals surface area (Å²) in [5.74, 6) is 0. The van der Waals surface area contributed by atoms with Crippen LogP contribution in [0.4, 0.5) is 13.2 Å². The third kappa shape index (κ3) is 3.85. The fourth-order valence-electron chi connectivity index (χ4n) is 2.49. The lowest BCUT2D eigenvalue weighted by Crippen LogP contribution is -2.16. The van der Waals surface area contributed by atoms with Crippen molar-refractivity contribution in [1.29, 1.82) is 0 Å². The number of hydrogen-bond donors (Lipinski definition) is 1. The van der Waals surface area contributed by atoms with Crippen LogP contribution in [0.25, 0.3) is 16.9 Å². The normalized spacial score (nSPS) is 12.4. The van der Waals surface area contributed by atoms with Gasteiger partial charge in [-0.05, 0) is 30.3 Å². The van der Waals surface area contributed by atoms with E-state index in [0.29, 0.717) is 0 Å². The summed E-state index contributed by atoms with van der Waals surface area (Å²) in [6.45, 7) is 0. The van der Waals surface area contributed by atoms with Crippen molar-refractivity contribution in [2.45, 2.75) is 11.1 Å². The average Bonchev–Trinajstić information content (AvgIpc) is 3.04. The number of nitrogens with two attached hydrogens (primary N) is 1. The van der Waals surface area contributed by atoms with Gasteiger partial charge < -0.3 is 0 Å². The summed E-state index contributed by atoms with van der Waals surface area (Å²) in [4.78, 5) is -0.413. The molecule has 0 aliphatic carbocycles. The lowest BCUT2D eigenvalue weighted by Gasteiger charge is -2.13. The first-order valence-corrected chi connectivity index (χ1v) is 10.0. The molecule has 0 aliphatic rings. The van der Waals surface area contributed by atoms with Gasteiger partial charge in [0.15, 0.2) is 5.69 Å². The molecule has 0 atom stereocenters. The smallest absolute Gasteiger partial charge is 0.231 e. The summed E-state index contributed by atoms with van der Waals surface area (Å²) in [6, 6.07) is 8.65. The summed E-state index contributed by atoms with van der Waals surface area (Å²) in [6.07, 6.45) is -4.79. The van der Waals surface area contributed by atoms with Gasteiger partial charge in [-0.25, -0.2) is 18.2 Å². The Balaban J connectivity index is 2.39. The maximum absolute atomic E-state index is 13.3. The molecule has 0 spiro atoms. The van der Waals surface area contributed by atoms with Gasteiger partial charge in [0, 0.05) is 5.56 Å². The molecule has 2 aromatic carbocycles. The van der Waals surface area contributed by atoms with Crippen LogP contribution in [0.2, 0.25) is 15.1 Å². The fraction of sp³-hybridized carbons (Fsp3) is 0.0625. The van der Waals surface area contributed by atoms with E-state index in [0.717, 1.165) is 16.8 Å². The number of primary sulfonamides is 1. The van der Waals surface area contributed by atoms with Gasteiger partial charge in [0.2, 0.25) is 10.0 Å². The molecule has 0 saturated carbocycles. The van der Waals surface area contributed by atoms with Gasteiger partial charge in [-0.2, -0.15) is 18.3 Å². The van der Waals surface area contributed by atoms with Crippen LogP contribution >= 0.6 is 34.8 Å². The fourth-order valence-corrected chi connectivity index (χ4v) is 3.84. The highest BCUT2D eigenvalue weighted by Crippen LogP contribution is 2.41. The molecule has 0 radical (unpaired) electrons. The Hall–Kier alpha value is -1.78. The molecule has 1 aromatic heterocycles. The number of rotatable bonds is 3. The highest BCUT2D eigenvalue weighted by Gasteiger charge is 2.36. The molecule has 0 saturated heterocycles. The minimum atomic E-state index is -4.79. The maximum atomic E-state index is 13.3. The van der Waals surface area contributed by atoms with Crippen molar-refractivity contribution in [3.63, 3.8) is 0 Å². The van der Waals surface area contributed by atoms with E-state index in [4.69, 9.17) is 39.9 Å². The zero-order valence-electron chi connectivity index (χ0n) is 13.5. The van der Waals surface area contributed by atoms with Crippen molar-refractivity contribution >= 4 is 44.8 Å². The molecule has 0 unspecified atom stereocenters. The predicted octanol–water partition coefficient (Wildman–Crippen LogP) is 5.17. The van der Waals surface area contributed by atoms with E-state index >= 15 is 0 Å². The third-order valence-electron chi connectivity index (χ3n) is 3.71. The first-order valence-electron chi connectivity index (χ1n) is 7.34. The number of halogens is 6. The van der Waals surface area contributed by atoms with Crippen LogP contribution in [0.15, 0.2) is 47.4 Å². The maximum Gasteiger partial charge on any atom is 0.435 e. The van der Waals surface area contributed by atoms with Gasteiger partial charge in [0.05, 0.1) is 26.4 Å². The molecular weight excluding hydrogens is 462 g/mol. The molecule has 5 nitrogen and oxygen atoms in total. The van der Waals surface area contributed by atoms with Crippen LogP contribution in [-0.2, 0) is 16.2 Å². The number of benzene rings is 2. The summed E-state index contributed by atoms with van der Waals surface area (Å²) >= 11 is 18.0. The number of nitrogens with zero attached hydrogens (tertiary/aromatic N) is 2. The molecule has 0 bridgehead atoms. The molecule has 2 N–H and O–H groups in total. The van der Waals surface area contributed by atoms with Gasteiger partial charge in [-0.1, -0.05) is 46.9 Å². The first-order chi connectivity index (χ1) is 12.9. The van der Waals surface area contributed by atoms with E-state index in [1.54, 1.807) is 0 Å². The minimum absolute atomic E-state index is 0.0677. The van der Waals surface area contributed by atoms with Crippen molar-refractivity contribution in [2.24, 2.45) is 5.14 Å². The predicted molar refractivity (Wildman–Crippen MR) is 100 cm³/mol. The standard InChI is InChI=1S/C16H9Cl3F3N3O2S/c17-9-6-5-8(14(18)15(9)19)11-7-13(16(20,21)22)24-25(11)10-3-1-2-4-12(10)28(23,26)27/h1-7H,(H2,23,26,27). The Kier molecular flexibility index (Phi) is 5.41. The molecular formula is C16H9Cl3F3N3O2S. The van der Waals surface area contributed by atoms with E-state index in [9.17, 15) is 21.6 Å². The van der Waals surface area contributed by atoms with E-state index < -0.39 is 26.8 Å². The molecule has 3 aromatic rings. The van der Waals surface area contributed by atoms with Crippen LogP contribution in [0.3, 0.4) is 0 Å². The summed E-state index contributed by atoms with van der Waals surface area (Å²) in [7, 11) is -4.25. The topological polar surface area (TPSA) is 78.0 Å². The Morgan fingerprint density at radius 2 is 1.64 bits per heavy atom.